The number of hydrogen-bond acceptors (Lipinski definition) is 3. The normalized spacial score (nSPS) is 11.3. The smallest absolute Gasteiger partial charge is 0.244 e. The maximum atomic E-state index is 12.7. The molecule has 2 heterocycles. The molecule has 0 spiro atoms. The van der Waals surface area contributed by atoms with Crippen molar-refractivity contribution in [1.82, 2.24) is 14.1 Å². The molecule has 0 aliphatic carbocycles. The van der Waals surface area contributed by atoms with E-state index in [2.05, 4.69) is 40.1 Å². The Kier molecular flexibility index (Phi) is 4.90. The van der Waals surface area contributed by atoms with Crippen molar-refractivity contribution in [3.8, 4) is 0 Å². The van der Waals surface area contributed by atoms with Gasteiger partial charge in [0.15, 0.2) is 0 Å². The number of anilines is 1. The molecule has 2 aromatic carbocycles. The number of carbonyl (C=O) groups excluding carboxylic acids is 1. The Hall–Kier alpha value is -2.73. The van der Waals surface area contributed by atoms with E-state index >= 15 is 0 Å². The van der Waals surface area contributed by atoms with Gasteiger partial charge in [-0.15, -0.1) is 0 Å². The average molecular weight is 379 g/mol. The van der Waals surface area contributed by atoms with Crippen molar-refractivity contribution in [3.63, 3.8) is 0 Å². The topological polar surface area (TPSA) is 51.9 Å². The zero-order valence-corrected chi connectivity index (χ0v) is 16.3. The first-order valence-electron chi connectivity index (χ1n) is 9.01. The van der Waals surface area contributed by atoms with E-state index in [1.807, 2.05) is 47.2 Å². The Labute approximate surface area is 162 Å². The highest BCUT2D eigenvalue weighted by Crippen LogP contribution is 2.22. The lowest BCUT2D eigenvalue weighted by Gasteiger charge is -2.10. The minimum atomic E-state index is -0.0465. The first kappa shape index (κ1) is 17.7. The summed E-state index contributed by atoms with van der Waals surface area (Å²) in [6.07, 6.45) is 4.12. The molecular formula is C21H22N4OS. The first-order chi connectivity index (χ1) is 13.2. The molecule has 2 aromatic heterocycles. The molecule has 0 bridgehead atoms. The summed E-state index contributed by atoms with van der Waals surface area (Å²) in [5, 5.41) is 4.16. The summed E-state index contributed by atoms with van der Waals surface area (Å²) in [6.45, 7) is 3.31. The molecule has 0 fully saturated rings. The zero-order chi connectivity index (χ0) is 18.8. The lowest BCUT2D eigenvalue weighted by molar-refractivity contribution is -0.116. The summed E-state index contributed by atoms with van der Waals surface area (Å²) in [5.41, 5.74) is 3.92. The minimum Gasteiger partial charge on any atom is -0.348 e. The number of carbonyl (C=O) groups is 1. The van der Waals surface area contributed by atoms with Crippen LogP contribution in [0.4, 0.5) is 5.69 Å². The van der Waals surface area contributed by atoms with E-state index in [-0.39, 0.29) is 12.5 Å². The molecule has 0 radical (unpaired) electrons. The number of rotatable bonds is 6. The summed E-state index contributed by atoms with van der Waals surface area (Å²) in [5.74, 6) is 1.66. The Morgan fingerprint density at radius 3 is 2.81 bits per heavy atom. The maximum Gasteiger partial charge on any atom is 0.244 e. The van der Waals surface area contributed by atoms with Gasteiger partial charge in [-0.3, -0.25) is 4.79 Å². The van der Waals surface area contributed by atoms with Crippen LogP contribution in [0, 0.1) is 0 Å². The lowest BCUT2D eigenvalue weighted by atomic mass is 10.2. The number of nitrogens with one attached hydrogen (secondary N) is 1. The van der Waals surface area contributed by atoms with Gasteiger partial charge in [-0.25, -0.2) is 4.98 Å². The van der Waals surface area contributed by atoms with Crippen LogP contribution in [-0.2, 0) is 23.6 Å². The molecule has 4 aromatic rings. The van der Waals surface area contributed by atoms with E-state index in [1.54, 1.807) is 11.8 Å². The summed E-state index contributed by atoms with van der Waals surface area (Å²) >= 11 is 1.70. The molecule has 4 rings (SSSR count). The molecule has 138 valence electrons. The van der Waals surface area contributed by atoms with Crippen LogP contribution in [0.3, 0.4) is 0 Å². The highest BCUT2D eigenvalue weighted by Gasteiger charge is 2.13. The number of fused-ring (bicyclic) bond motifs is 2. The van der Waals surface area contributed by atoms with Crippen LogP contribution in [0.5, 0.6) is 0 Å². The van der Waals surface area contributed by atoms with Gasteiger partial charge in [-0.2, -0.15) is 11.8 Å². The van der Waals surface area contributed by atoms with E-state index in [0.29, 0.717) is 0 Å². The fraction of sp³-hybridized carbons (Fsp3) is 0.238. The monoisotopic (exact) mass is 378 g/mol. The van der Waals surface area contributed by atoms with Gasteiger partial charge < -0.3 is 14.5 Å². The largest absolute Gasteiger partial charge is 0.348 e. The number of thioether (sulfide) groups is 1. The number of nitrogens with zero attached hydrogens (tertiary/aromatic N) is 3. The van der Waals surface area contributed by atoms with Crippen molar-refractivity contribution < 1.29 is 4.79 Å². The van der Waals surface area contributed by atoms with Crippen molar-refractivity contribution in [1.29, 1.82) is 0 Å². The predicted octanol–water partition coefficient (Wildman–Crippen LogP) is 4.51. The van der Waals surface area contributed by atoms with Gasteiger partial charge in [0.05, 0.1) is 16.8 Å². The molecule has 27 heavy (non-hydrogen) atoms. The quantitative estimate of drug-likeness (QED) is 0.537. The summed E-state index contributed by atoms with van der Waals surface area (Å²) in [4.78, 5) is 17.4. The van der Waals surface area contributed by atoms with E-state index in [0.717, 1.165) is 40.2 Å². The van der Waals surface area contributed by atoms with Crippen LogP contribution in [0.1, 0.15) is 12.7 Å². The van der Waals surface area contributed by atoms with Crippen molar-refractivity contribution in [2.75, 3.05) is 11.6 Å². The van der Waals surface area contributed by atoms with E-state index < -0.39 is 0 Å². The molecule has 0 aliphatic rings. The number of para-hydroxylation sites is 2. The molecule has 0 aliphatic heterocycles. The van der Waals surface area contributed by atoms with Crippen LogP contribution >= 0.6 is 11.8 Å². The summed E-state index contributed by atoms with van der Waals surface area (Å²) in [7, 11) is 0. The predicted molar refractivity (Wildman–Crippen MR) is 113 cm³/mol. The highest BCUT2D eigenvalue weighted by molar-refractivity contribution is 7.97. The minimum absolute atomic E-state index is 0.0465. The van der Waals surface area contributed by atoms with Crippen molar-refractivity contribution in [2.24, 2.45) is 0 Å². The third kappa shape index (κ3) is 3.45. The van der Waals surface area contributed by atoms with Gasteiger partial charge in [0.25, 0.3) is 0 Å². The molecule has 6 heteroatoms. The van der Waals surface area contributed by atoms with E-state index in [9.17, 15) is 4.79 Å². The summed E-state index contributed by atoms with van der Waals surface area (Å²) in [6, 6.07) is 16.1. The summed E-state index contributed by atoms with van der Waals surface area (Å²) < 4.78 is 4.19. The zero-order valence-electron chi connectivity index (χ0n) is 15.5. The molecule has 5 nitrogen and oxygen atoms in total. The SMILES string of the molecule is CCn1ccc2cc(NC(=O)Cn3c(CSC)nc4ccccc43)ccc21. The van der Waals surface area contributed by atoms with Gasteiger partial charge in [0.1, 0.15) is 12.4 Å². The van der Waals surface area contributed by atoms with Gasteiger partial charge in [0.2, 0.25) is 5.91 Å². The Bertz CT molecular complexity index is 1110. The standard InChI is InChI=1S/C21H22N4OS/c1-3-24-11-10-15-12-16(8-9-18(15)24)22-21(26)13-25-19-7-5-4-6-17(19)23-20(25)14-27-2/h4-12H,3,13-14H2,1-2H3,(H,22,26). The van der Waals surface area contributed by atoms with Gasteiger partial charge in [-0.05, 0) is 49.6 Å². The van der Waals surface area contributed by atoms with Crippen molar-refractivity contribution >= 4 is 45.3 Å². The third-order valence-electron chi connectivity index (χ3n) is 4.70. The van der Waals surface area contributed by atoms with Crippen LogP contribution < -0.4 is 5.32 Å². The lowest BCUT2D eigenvalue weighted by Crippen LogP contribution is -2.20. The molecule has 0 atom stereocenters. The highest BCUT2D eigenvalue weighted by atomic mass is 32.2. The number of aromatic nitrogens is 3. The molecular weight excluding hydrogens is 356 g/mol. The van der Waals surface area contributed by atoms with Crippen LogP contribution in [0.2, 0.25) is 0 Å². The van der Waals surface area contributed by atoms with Gasteiger partial charge in [0, 0.05) is 29.3 Å². The van der Waals surface area contributed by atoms with Crippen LogP contribution in [-0.4, -0.2) is 26.3 Å². The van der Waals surface area contributed by atoms with E-state index in [1.165, 1.54) is 5.52 Å². The fourth-order valence-electron chi connectivity index (χ4n) is 3.44. The molecule has 0 saturated carbocycles. The second-order valence-corrected chi connectivity index (χ2v) is 7.33. The first-order valence-corrected chi connectivity index (χ1v) is 10.4. The van der Waals surface area contributed by atoms with Gasteiger partial charge in [-0.1, -0.05) is 12.1 Å². The third-order valence-corrected chi connectivity index (χ3v) is 5.25. The average Bonchev–Trinajstić information content (AvgIpc) is 3.23. The fourth-order valence-corrected chi connectivity index (χ4v) is 3.92. The Morgan fingerprint density at radius 2 is 2.00 bits per heavy atom. The number of benzene rings is 2. The Balaban J connectivity index is 1.57. The Morgan fingerprint density at radius 1 is 1.15 bits per heavy atom. The van der Waals surface area contributed by atoms with Crippen molar-refractivity contribution in [2.45, 2.75) is 25.8 Å². The molecule has 0 saturated heterocycles. The van der Waals surface area contributed by atoms with E-state index in [4.69, 9.17) is 0 Å². The number of imidazole rings is 1. The van der Waals surface area contributed by atoms with Crippen LogP contribution in [0.15, 0.2) is 54.7 Å². The molecule has 1 amide bonds. The van der Waals surface area contributed by atoms with Crippen molar-refractivity contribution in [3.05, 3.63) is 60.6 Å². The number of aryl methyl sites for hydroxylation is 1. The number of hydrogen-bond donors (Lipinski definition) is 1. The van der Waals surface area contributed by atoms with Gasteiger partial charge >= 0.3 is 0 Å². The number of amides is 1. The maximum absolute atomic E-state index is 12.7. The second-order valence-electron chi connectivity index (χ2n) is 6.46. The van der Waals surface area contributed by atoms with Crippen LogP contribution in [0.25, 0.3) is 21.9 Å². The second kappa shape index (κ2) is 7.48. The molecule has 1 N–H and O–H groups in total. The molecule has 0 unspecified atom stereocenters.